The molecule has 0 saturated heterocycles. The molecule has 31 heavy (non-hydrogen) atoms. The zero-order chi connectivity index (χ0) is 23.2. The molecule has 1 aliphatic heterocycles. The lowest BCUT2D eigenvalue weighted by molar-refractivity contribution is -0.127. The van der Waals surface area contributed by atoms with Crippen molar-refractivity contribution in [2.45, 2.75) is 46.7 Å². The molecule has 7 heteroatoms. The largest absolute Gasteiger partial charge is 0.330 e. The first-order valence-corrected chi connectivity index (χ1v) is 11.2. The van der Waals surface area contributed by atoms with Crippen LogP contribution in [0, 0.1) is 0 Å². The zero-order valence-corrected chi connectivity index (χ0v) is 20.1. The number of imidazole rings is 1. The Balaban J connectivity index is 0.000000337. The molecule has 170 valence electrons. The summed E-state index contributed by atoms with van der Waals surface area (Å²) in [7, 11) is 3.90. The van der Waals surface area contributed by atoms with Gasteiger partial charge in [0.15, 0.2) is 6.29 Å². The van der Waals surface area contributed by atoms with Crippen LogP contribution in [0.1, 0.15) is 49.1 Å². The fourth-order valence-electron chi connectivity index (χ4n) is 3.01. The van der Waals surface area contributed by atoms with Crippen molar-refractivity contribution in [2.75, 3.05) is 27.2 Å². The van der Waals surface area contributed by atoms with Gasteiger partial charge >= 0.3 is 0 Å². The highest BCUT2D eigenvalue weighted by Crippen LogP contribution is 2.16. The van der Waals surface area contributed by atoms with E-state index in [4.69, 9.17) is 11.6 Å². The van der Waals surface area contributed by atoms with Crippen LogP contribution in [0.3, 0.4) is 0 Å². The van der Waals surface area contributed by atoms with Gasteiger partial charge in [-0.25, -0.2) is 4.98 Å². The Morgan fingerprint density at radius 3 is 2.55 bits per heavy atom. The maximum Gasteiger partial charge on any atom is 0.246 e. The molecule has 0 fully saturated rings. The van der Waals surface area contributed by atoms with Crippen molar-refractivity contribution >= 4 is 23.8 Å². The molecule has 0 radical (unpaired) electrons. The number of rotatable bonds is 6. The molecule has 0 aliphatic carbocycles. The van der Waals surface area contributed by atoms with E-state index in [9.17, 15) is 9.59 Å². The Bertz CT molecular complexity index is 846. The first-order valence-electron chi connectivity index (χ1n) is 10.8. The van der Waals surface area contributed by atoms with Crippen molar-refractivity contribution in [1.82, 2.24) is 19.4 Å². The zero-order valence-electron chi connectivity index (χ0n) is 19.3. The van der Waals surface area contributed by atoms with E-state index in [-0.39, 0.29) is 5.91 Å². The lowest BCUT2D eigenvalue weighted by Gasteiger charge is -2.27. The van der Waals surface area contributed by atoms with Crippen LogP contribution in [0.4, 0.5) is 0 Å². The van der Waals surface area contributed by atoms with E-state index in [1.54, 1.807) is 17.2 Å². The Labute approximate surface area is 191 Å². The number of carbonyl (C=O) groups excluding carboxylic acids is 2. The summed E-state index contributed by atoms with van der Waals surface area (Å²) >= 11 is 5.90. The van der Waals surface area contributed by atoms with Gasteiger partial charge in [0.25, 0.3) is 0 Å². The van der Waals surface area contributed by atoms with E-state index >= 15 is 0 Å². The van der Waals surface area contributed by atoms with Crippen molar-refractivity contribution < 1.29 is 9.59 Å². The topological polar surface area (TPSA) is 58.4 Å². The maximum atomic E-state index is 12.0. The summed E-state index contributed by atoms with van der Waals surface area (Å²) in [5, 5.41) is 0.893. The monoisotopic (exact) mass is 446 g/mol. The first-order chi connectivity index (χ1) is 15.0. The Morgan fingerprint density at radius 2 is 1.94 bits per heavy atom. The van der Waals surface area contributed by atoms with Gasteiger partial charge in [-0.05, 0) is 32.1 Å². The maximum absolute atomic E-state index is 12.0. The SMILES string of the molecule is CC.CCCc1ccccc1Cl.CN(C)C/C=C/C(=O)N1CCn2c(C=O)cnc2C1. The van der Waals surface area contributed by atoms with Gasteiger partial charge in [-0.2, -0.15) is 0 Å². The quantitative estimate of drug-likeness (QED) is 0.485. The predicted octanol–water partition coefficient (Wildman–Crippen LogP) is 4.47. The van der Waals surface area contributed by atoms with Crippen molar-refractivity contribution in [3.63, 3.8) is 0 Å². The summed E-state index contributed by atoms with van der Waals surface area (Å²) in [5.41, 5.74) is 1.83. The number of likely N-dealkylation sites (N-methyl/N-ethyl adjacent to an activating group) is 1. The van der Waals surface area contributed by atoms with Crippen LogP contribution >= 0.6 is 11.6 Å². The summed E-state index contributed by atoms with van der Waals surface area (Å²) in [6, 6.07) is 8.00. The number of hydrogen-bond donors (Lipinski definition) is 0. The highest BCUT2D eigenvalue weighted by Gasteiger charge is 2.21. The molecule has 1 aromatic heterocycles. The number of aldehydes is 1. The molecular weight excluding hydrogens is 412 g/mol. The average Bonchev–Trinajstić information content (AvgIpc) is 3.19. The first kappa shape index (κ1) is 26.6. The standard InChI is InChI=1S/C13H18N4O2.C9H11Cl.C2H6/c1-15(2)5-3-4-13(19)16-6-7-17-11(10-18)8-14-12(17)9-16;1-2-5-8-6-3-4-7-9(8)10;1-2/h3-4,8,10H,5-7,9H2,1-2H3;3-4,6-7H,2,5H2,1H3;1-2H3/b4-3+;;. The van der Waals surface area contributed by atoms with Crippen molar-refractivity contribution in [3.05, 3.63) is 64.7 Å². The average molecular weight is 447 g/mol. The summed E-state index contributed by atoms with van der Waals surface area (Å²) in [6.45, 7) is 8.58. The van der Waals surface area contributed by atoms with E-state index < -0.39 is 0 Å². The molecular formula is C24H35ClN4O2. The summed E-state index contributed by atoms with van der Waals surface area (Å²) < 4.78 is 1.86. The van der Waals surface area contributed by atoms with E-state index in [1.165, 1.54) is 5.56 Å². The van der Waals surface area contributed by atoms with Crippen LogP contribution in [-0.4, -0.2) is 58.7 Å². The van der Waals surface area contributed by atoms with Crippen LogP contribution < -0.4 is 0 Å². The molecule has 2 aromatic rings. The Kier molecular flexibility index (Phi) is 12.5. The predicted molar refractivity (Wildman–Crippen MR) is 128 cm³/mol. The summed E-state index contributed by atoms with van der Waals surface area (Å²) in [4.78, 5) is 30.7. The van der Waals surface area contributed by atoms with Gasteiger partial charge in [-0.15, -0.1) is 0 Å². The normalized spacial score (nSPS) is 12.5. The number of amides is 1. The molecule has 0 N–H and O–H groups in total. The molecule has 1 aliphatic rings. The van der Waals surface area contributed by atoms with Crippen LogP contribution in [0.25, 0.3) is 0 Å². The Morgan fingerprint density at radius 1 is 1.23 bits per heavy atom. The van der Waals surface area contributed by atoms with Gasteiger partial charge in [-0.3, -0.25) is 9.59 Å². The number of fused-ring (bicyclic) bond motifs is 1. The minimum Gasteiger partial charge on any atom is -0.330 e. The number of aryl methyl sites for hydroxylation is 1. The molecule has 0 atom stereocenters. The van der Waals surface area contributed by atoms with Crippen LogP contribution in [0.15, 0.2) is 42.6 Å². The molecule has 3 rings (SSSR count). The highest BCUT2D eigenvalue weighted by atomic mass is 35.5. The van der Waals surface area contributed by atoms with Gasteiger partial charge < -0.3 is 14.4 Å². The lowest BCUT2D eigenvalue weighted by Crippen LogP contribution is -2.38. The van der Waals surface area contributed by atoms with Gasteiger partial charge in [-0.1, -0.05) is 63.1 Å². The molecule has 0 saturated carbocycles. The fourth-order valence-corrected chi connectivity index (χ4v) is 3.24. The van der Waals surface area contributed by atoms with Gasteiger partial charge in [0, 0.05) is 30.7 Å². The molecule has 1 aromatic carbocycles. The minimum atomic E-state index is -0.0104. The smallest absolute Gasteiger partial charge is 0.246 e. The second kappa shape index (κ2) is 14.5. The van der Waals surface area contributed by atoms with Crippen LogP contribution in [-0.2, 0) is 24.3 Å². The van der Waals surface area contributed by atoms with E-state index in [1.807, 2.05) is 61.7 Å². The third-order valence-electron chi connectivity index (χ3n) is 4.54. The van der Waals surface area contributed by atoms with Gasteiger partial charge in [0.05, 0.1) is 12.7 Å². The van der Waals surface area contributed by atoms with E-state index in [2.05, 4.69) is 18.0 Å². The molecule has 1 amide bonds. The highest BCUT2D eigenvalue weighted by molar-refractivity contribution is 6.31. The molecule has 6 nitrogen and oxygen atoms in total. The number of halogens is 1. The second-order valence-corrected chi connectivity index (χ2v) is 7.54. The minimum absolute atomic E-state index is 0.0104. The number of nitrogens with zero attached hydrogens (tertiary/aromatic N) is 4. The van der Waals surface area contributed by atoms with Crippen molar-refractivity contribution in [2.24, 2.45) is 0 Å². The number of aromatic nitrogens is 2. The third-order valence-corrected chi connectivity index (χ3v) is 4.90. The molecule has 0 unspecified atom stereocenters. The summed E-state index contributed by atoms with van der Waals surface area (Å²) in [6.07, 6.45) is 8.03. The fraction of sp³-hybridized carbons (Fsp3) is 0.458. The number of carbonyl (C=O) groups is 2. The molecule has 2 heterocycles. The van der Waals surface area contributed by atoms with Crippen molar-refractivity contribution in [1.29, 1.82) is 0 Å². The Hall–Kier alpha value is -2.44. The lowest BCUT2D eigenvalue weighted by atomic mass is 10.1. The summed E-state index contributed by atoms with van der Waals surface area (Å²) in [5.74, 6) is 0.756. The van der Waals surface area contributed by atoms with Crippen LogP contribution in [0.2, 0.25) is 5.02 Å². The number of hydrogen-bond acceptors (Lipinski definition) is 4. The molecule has 0 spiro atoms. The third kappa shape index (κ3) is 8.67. The number of benzene rings is 1. The van der Waals surface area contributed by atoms with Gasteiger partial charge in [0.2, 0.25) is 5.91 Å². The van der Waals surface area contributed by atoms with Gasteiger partial charge in [0.1, 0.15) is 11.5 Å². The van der Waals surface area contributed by atoms with Crippen molar-refractivity contribution in [3.8, 4) is 0 Å². The van der Waals surface area contributed by atoms with E-state index in [0.717, 1.165) is 36.5 Å². The van der Waals surface area contributed by atoms with Crippen LogP contribution in [0.5, 0.6) is 0 Å². The second-order valence-electron chi connectivity index (χ2n) is 7.13. The van der Waals surface area contributed by atoms with E-state index in [0.29, 0.717) is 25.3 Å². The molecule has 0 bridgehead atoms.